The van der Waals surface area contributed by atoms with Crippen LogP contribution in [0.3, 0.4) is 0 Å². The third-order valence-corrected chi connectivity index (χ3v) is 1.93. The monoisotopic (exact) mass is 229 g/mol. The minimum absolute atomic E-state index is 0.0387. The number of hydrogen-bond acceptors (Lipinski definition) is 3. The van der Waals surface area contributed by atoms with E-state index in [0.717, 1.165) is 6.07 Å². The van der Waals surface area contributed by atoms with Crippen LogP contribution in [0.2, 0.25) is 0 Å². The molecule has 0 radical (unpaired) electrons. The van der Waals surface area contributed by atoms with Crippen LogP contribution in [0.25, 0.3) is 11.3 Å². The van der Waals surface area contributed by atoms with Gasteiger partial charge < -0.3 is 9.63 Å². The second-order valence-corrected chi connectivity index (χ2v) is 3.12. The highest BCUT2D eigenvalue weighted by Crippen LogP contribution is 2.32. The van der Waals surface area contributed by atoms with Crippen molar-refractivity contribution in [1.29, 1.82) is 0 Å². The second kappa shape index (κ2) is 3.55. The van der Waals surface area contributed by atoms with E-state index in [1.807, 2.05) is 0 Å². The molecule has 0 bridgehead atoms. The fourth-order valence-electron chi connectivity index (χ4n) is 1.20. The van der Waals surface area contributed by atoms with Crippen molar-refractivity contribution in [3.63, 3.8) is 0 Å². The summed E-state index contributed by atoms with van der Waals surface area (Å²) in [5, 5.41) is 12.1. The van der Waals surface area contributed by atoms with E-state index < -0.39 is 11.9 Å². The van der Waals surface area contributed by atoms with Crippen LogP contribution < -0.4 is 0 Å². The lowest BCUT2D eigenvalue weighted by molar-refractivity contribution is -0.142. The molecule has 0 fully saturated rings. The summed E-state index contributed by atoms with van der Waals surface area (Å²) in [4.78, 5) is 0. The Morgan fingerprint density at radius 3 is 2.50 bits per heavy atom. The molecule has 1 aromatic heterocycles. The summed E-state index contributed by atoms with van der Waals surface area (Å²) in [5.41, 5.74) is -0.756. The van der Waals surface area contributed by atoms with Gasteiger partial charge >= 0.3 is 6.18 Å². The number of phenols is 1. The van der Waals surface area contributed by atoms with E-state index in [1.165, 1.54) is 24.3 Å². The molecule has 2 aromatic rings. The highest BCUT2D eigenvalue weighted by atomic mass is 19.4. The molecule has 0 aliphatic heterocycles. The topological polar surface area (TPSA) is 46.3 Å². The Labute approximate surface area is 88.1 Å². The molecule has 3 nitrogen and oxygen atoms in total. The van der Waals surface area contributed by atoms with Crippen LogP contribution in [0.4, 0.5) is 13.2 Å². The fourth-order valence-corrected chi connectivity index (χ4v) is 1.20. The molecule has 1 aromatic carbocycles. The van der Waals surface area contributed by atoms with E-state index in [-0.39, 0.29) is 11.5 Å². The number of halogens is 3. The number of nitrogens with zero attached hydrogens (tertiary/aromatic N) is 1. The molecule has 16 heavy (non-hydrogen) atoms. The number of alkyl halides is 3. The zero-order valence-corrected chi connectivity index (χ0v) is 7.82. The Hall–Kier alpha value is -1.98. The van der Waals surface area contributed by atoms with E-state index in [0.29, 0.717) is 5.56 Å². The number of aromatic nitrogens is 1. The maximum Gasteiger partial charge on any atom is 0.436 e. The molecule has 84 valence electrons. The Kier molecular flexibility index (Phi) is 2.34. The lowest BCUT2D eigenvalue weighted by Gasteiger charge is -1.97. The van der Waals surface area contributed by atoms with Gasteiger partial charge in [-0.2, -0.15) is 13.2 Å². The first-order chi connectivity index (χ1) is 7.47. The summed E-state index contributed by atoms with van der Waals surface area (Å²) in [6.07, 6.45) is -4.53. The SMILES string of the molecule is Oc1cccc(-c2cc(C(F)(F)F)no2)c1. The van der Waals surface area contributed by atoms with Crippen molar-refractivity contribution in [2.45, 2.75) is 6.18 Å². The fraction of sp³-hybridized carbons (Fsp3) is 0.100. The molecule has 0 aliphatic carbocycles. The van der Waals surface area contributed by atoms with E-state index in [2.05, 4.69) is 9.68 Å². The van der Waals surface area contributed by atoms with E-state index >= 15 is 0 Å². The normalized spacial score (nSPS) is 11.7. The largest absolute Gasteiger partial charge is 0.508 e. The number of hydrogen-bond donors (Lipinski definition) is 1. The number of phenolic OH excluding ortho intramolecular Hbond substituents is 1. The Morgan fingerprint density at radius 2 is 1.94 bits per heavy atom. The van der Waals surface area contributed by atoms with Gasteiger partial charge in [0.15, 0.2) is 11.5 Å². The lowest BCUT2D eigenvalue weighted by Crippen LogP contribution is -2.04. The van der Waals surface area contributed by atoms with Crippen LogP contribution in [0.15, 0.2) is 34.9 Å². The smallest absolute Gasteiger partial charge is 0.436 e. The summed E-state index contributed by atoms with van der Waals surface area (Å²) < 4.78 is 41.2. The summed E-state index contributed by atoms with van der Waals surface area (Å²) in [6, 6.07) is 6.50. The second-order valence-electron chi connectivity index (χ2n) is 3.12. The van der Waals surface area contributed by atoms with Gasteiger partial charge in [0.1, 0.15) is 5.75 Å². The van der Waals surface area contributed by atoms with Crippen molar-refractivity contribution >= 4 is 0 Å². The van der Waals surface area contributed by atoms with Crippen LogP contribution in [0, 0.1) is 0 Å². The zero-order valence-electron chi connectivity index (χ0n) is 7.82. The molecule has 0 aliphatic rings. The number of benzene rings is 1. The van der Waals surface area contributed by atoms with Gasteiger partial charge in [-0.1, -0.05) is 17.3 Å². The van der Waals surface area contributed by atoms with Crippen molar-refractivity contribution in [2.75, 3.05) is 0 Å². The number of aromatic hydroxyl groups is 1. The van der Waals surface area contributed by atoms with Crippen molar-refractivity contribution in [2.24, 2.45) is 0 Å². The maximum absolute atomic E-state index is 12.2. The third-order valence-electron chi connectivity index (χ3n) is 1.93. The molecule has 0 saturated heterocycles. The summed E-state index contributed by atoms with van der Waals surface area (Å²) >= 11 is 0. The average Bonchev–Trinajstić information content (AvgIpc) is 2.65. The minimum atomic E-state index is -4.53. The quantitative estimate of drug-likeness (QED) is 0.817. The Balaban J connectivity index is 2.39. The van der Waals surface area contributed by atoms with Gasteiger partial charge in [-0.25, -0.2) is 0 Å². The molecule has 1 heterocycles. The first-order valence-electron chi connectivity index (χ1n) is 4.30. The van der Waals surface area contributed by atoms with Gasteiger partial charge in [-0.05, 0) is 12.1 Å². The first kappa shape index (κ1) is 10.5. The summed E-state index contributed by atoms with van der Waals surface area (Å²) in [6.45, 7) is 0. The zero-order chi connectivity index (χ0) is 11.8. The third kappa shape index (κ3) is 2.00. The molecular formula is C10H6F3NO2. The molecular weight excluding hydrogens is 223 g/mol. The van der Waals surface area contributed by atoms with Crippen LogP contribution in [-0.4, -0.2) is 10.3 Å². The van der Waals surface area contributed by atoms with Crippen LogP contribution in [-0.2, 0) is 6.18 Å². The van der Waals surface area contributed by atoms with Gasteiger partial charge in [0.2, 0.25) is 0 Å². The average molecular weight is 229 g/mol. The van der Waals surface area contributed by atoms with Gasteiger partial charge in [-0.15, -0.1) is 0 Å². The highest BCUT2D eigenvalue weighted by molar-refractivity contribution is 5.59. The predicted octanol–water partition coefficient (Wildman–Crippen LogP) is 3.07. The molecule has 0 unspecified atom stereocenters. The highest BCUT2D eigenvalue weighted by Gasteiger charge is 2.35. The predicted molar refractivity (Wildman–Crippen MR) is 48.6 cm³/mol. The lowest BCUT2D eigenvalue weighted by atomic mass is 10.1. The summed E-state index contributed by atoms with van der Waals surface area (Å²) in [7, 11) is 0. The maximum atomic E-state index is 12.2. The van der Waals surface area contributed by atoms with Gasteiger partial charge in [0.25, 0.3) is 0 Å². The molecule has 2 rings (SSSR count). The van der Waals surface area contributed by atoms with Crippen molar-refractivity contribution < 1.29 is 22.8 Å². The molecule has 0 saturated carbocycles. The van der Waals surface area contributed by atoms with E-state index in [9.17, 15) is 13.2 Å². The first-order valence-corrected chi connectivity index (χ1v) is 4.30. The van der Waals surface area contributed by atoms with Crippen molar-refractivity contribution in [1.82, 2.24) is 5.16 Å². The molecule has 1 N–H and O–H groups in total. The van der Waals surface area contributed by atoms with Crippen molar-refractivity contribution in [3.05, 3.63) is 36.0 Å². The molecule has 0 atom stereocenters. The molecule has 6 heteroatoms. The van der Waals surface area contributed by atoms with Gasteiger partial charge in [-0.3, -0.25) is 0 Å². The van der Waals surface area contributed by atoms with E-state index in [1.54, 1.807) is 0 Å². The van der Waals surface area contributed by atoms with Gasteiger partial charge in [0.05, 0.1) is 0 Å². The Bertz CT molecular complexity index is 505. The number of rotatable bonds is 1. The molecule has 0 spiro atoms. The standard InChI is InChI=1S/C10H6F3NO2/c11-10(12,13)9-5-8(16-14-9)6-2-1-3-7(15)4-6/h1-5,15H. The van der Waals surface area contributed by atoms with Gasteiger partial charge in [0, 0.05) is 11.6 Å². The van der Waals surface area contributed by atoms with Crippen molar-refractivity contribution in [3.8, 4) is 17.1 Å². The molecule has 0 amide bonds. The van der Waals surface area contributed by atoms with E-state index in [4.69, 9.17) is 5.11 Å². The Morgan fingerprint density at radius 1 is 1.19 bits per heavy atom. The van der Waals surface area contributed by atoms with Crippen LogP contribution >= 0.6 is 0 Å². The van der Waals surface area contributed by atoms with Crippen LogP contribution in [0.5, 0.6) is 5.75 Å². The minimum Gasteiger partial charge on any atom is -0.508 e. The summed E-state index contributed by atoms with van der Waals surface area (Å²) in [5.74, 6) is -0.0920. The van der Waals surface area contributed by atoms with Crippen LogP contribution in [0.1, 0.15) is 5.69 Å².